The van der Waals surface area contributed by atoms with E-state index < -0.39 is 53.0 Å². The Hall–Kier alpha value is -1.45. The quantitative estimate of drug-likeness (QED) is 0.212. The van der Waals surface area contributed by atoms with Gasteiger partial charge in [-0.15, -0.1) is 0 Å². The van der Waals surface area contributed by atoms with Gasteiger partial charge >= 0.3 is 0 Å². The van der Waals surface area contributed by atoms with E-state index in [1.807, 2.05) is 0 Å². The SMILES string of the molecule is O=S1(=O)OC(c2ccc(O)c(Cl)c2)(c2ccc(O[C@@H]3O[C@H](CO)[C@H](O)[C@H](O)[C@H]3O)c(Cl)c2)c2ccccc21.[Na]. The van der Waals surface area contributed by atoms with Crippen LogP contribution in [0.25, 0.3) is 0 Å². The number of hydrogen-bond donors (Lipinski definition) is 5. The Kier molecular flexibility index (Phi) is 8.95. The molecule has 0 aromatic heterocycles. The summed E-state index contributed by atoms with van der Waals surface area (Å²) in [6.07, 6.45) is -7.55. The van der Waals surface area contributed by atoms with E-state index in [2.05, 4.69) is 0 Å². The number of hydrogen-bond acceptors (Lipinski definition) is 10. The molecule has 3 aromatic carbocycles. The second-order valence-electron chi connectivity index (χ2n) is 8.84. The van der Waals surface area contributed by atoms with Gasteiger partial charge in [-0.05, 0) is 41.5 Å². The van der Waals surface area contributed by atoms with Gasteiger partial charge < -0.3 is 35.0 Å². The molecule has 5 N–H and O–H groups in total. The number of aromatic hydroxyl groups is 1. The maximum absolute atomic E-state index is 13.1. The Morgan fingerprint density at radius 3 is 2.18 bits per heavy atom. The normalized spacial score (nSPS) is 29.3. The van der Waals surface area contributed by atoms with Gasteiger partial charge in [-0.2, -0.15) is 8.42 Å². The summed E-state index contributed by atoms with van der Waals surface area (Å²) in [7, 11) is -4.21. The molecule has 0 spiro atoms. The summed E-state index contributed by atoms with van der Waals surface area (Å²) in [5, 5.41) is 49.6. The van der Waals surface area contributed by atoms with Crippen molar-refractivity contribution in [3.05, 3.63) is 87.4 Å². The third-order valence-electron chi connectivity index (χ3n) is 6.55. The molecule has 0 amide bonds. The molecular weight excluding hydrogens is 586 g/mol. The predicted molar refractivity (Wildman–Crippen MR) is 139 cm³/mol. The van der Waals surface area contributed by atoms with Crippen LogP contribution in [0.5, 0.6) is 11.5 Å². The molecule has 3 aromatic rings. The minimum absolute atomic E-state index is 0. The van der Waals surface area contributed by atoms with Crippen LogP contribution in [0.4, 0.5) is 0 Å². The fraction of sp³-hybridized carbons (Fsp3) is 0.280. The second kappa shape index (κ2) is 11.4. The van der Waals surface area contributed by atoms with Gasteiger partial charge in [0.05, 0.1) is 16.7 Å². The Balaban J connectivity index is 0.00000353. The minimum Gasteiger partial charge on any atom is -0.506 e. The van der Waals surface area contributed by atoms with E-state index in [0.717, 1.165) is 0 Å². The van der Waals surface area contributed by atoms with Gasteiger partial charge in [-0.25, -0.2) is 4.18 Å². The average Bonchev–Trinajstić information content (AvgIpc) is 3.15. The molecule has 0 aliphatic carbocycles. The van der Waals surface area contributed by atoms with Crippen molar-refractivity contribution in [1.82, 2.24) is 0 Å². The Morgan fingerprint density at radius 1 is 0.897 bits per heavy atom. The first-order valence-corrected chi connectivity index (χ1v) is 13.5. The molecule has 39 heavy (non-hydrogen) atoms. The van der Waals surface area contributed by atoms with Crippen molar-refractivity contribution in [2.45, 2.75) is 41.2 Å². The van der Waals surface area contributed by atoms with Gasteiger partial charge in [0.15, 0.2) is 5.60 Å². The van der Waals surface area contributed by atoms with Crippen LogP contribution in [0.2, 0.25) is 10.0 Å². The van der Waals surface area contributed by atoms with E-state index in [4.69, 9.17) is 36.9 Å². The molecule has 2 heterocycles. The van der Waals surface area contributed by atoms with E-state index in [-0.39, 0.29) is 61.6 Å². The van der Waals surface area contributed by atoms with Gasteiger partial charge in [0.25, 0.3) is 10.1 Å². The van der Waals surface area contributed by atoms with Crippen LogP contribution < -0.4 is 4.74 Å². The standard InChI is InChI=1S/C25H22Cl2O10S.Na/c26-15-9-12(5-7-17(15)29)25(14-3-1-2-4-20(14)38(33,34)37-25)13-6-8-18(16(27)10-13)35-24-23(32)22(31)21(30)19(11-28)36-24;/h1-10,19,21-24,28-32H,11H2;/t19-,21+,22+,23-,24-,25?;/m1./s1. The van der Waals surface area contributed by atoms with Crippen LogP contribution in [0.15, 0.2) is 65.6 Å². The monoisotopic (exact) mass is 607 g/mol. The molecule has 0 saturated carbocycles. The van der Waals surface area contributed by atoms with E-state index >= 15 is 0 Å². The van der Waals surface area contributed by atoms with Crippen molar-refractivity contribution in [2.75, 3.05) is 6.61 Å². The topological polar surface area (TPSA) is 163 Å². The maximum Gasteiger partial charge on any atom is 0.298 e. The number of aliphatic hydroxyl groups is 4. The summed E-state index contributed by atoms with van der Waals surface area (Å²) in [5.74, 6) is -0.214. The summed E-state index contributed by atoms with van der Waals surface area (Å²) >= 11 is 12.7. The molecule has 6 atom stereocenters. The third kappa shape index (κ3) is 5.21. The number of rotatable bonds is 5. The van der Waals surface area contributed by atoms with Crippen molar-refractivity contribution < 1.29 is 47.6 Å². The molecule has 0 bridgehead atoms. The van der Waals surface area contributed by atoms with E-state index in [1.165, 1.54) is 42.5 Å². The van der Waals surface area contributed by atoms with Crippen LogP contribution in [0.3, 0.4) is 0 Å². The average molecular weight is 608 g/mol. The molecule has 2 aliphatic heterocycles. The molecule has 5 rings (SSSR count). The zero-order valence-corrected chi connectivity index (χ0v) is 24.6. The molecule has 1 saturated heterocycles. The smallest absolute Gasteiger partial charge is 0.298 e. The number of aliphatic hydroxyl groups excluding tert-OH is 4. The molecule has 1 unspecified atom stereocenters. The maximum atomic E-state index is 13.1. The fourth-order valence-electron chi connectivity index (χ4n) is 4.63. The van der Waals surface area contributed by atoms with Crippen LogP contribution in [0.1, 0.15) is 16.7 Å². The third-order valence-corrected chi connectivity index (χ3v) is 8.52. The summed E-state index contributed by atoms with van der Waals surface area (Å²) in [6, 6.07) is 14.7. The van der Waals surface area contributed by atoms with Crippen LogP contribution >= 0.6 is 23.2 Å². The van der Waals surface area contributed by atoms with Gasteiger partial charge in [0.2, 0.25) is 6.29 Å². The van der Waals surface area contributed by atoms with E-state index in [1.54, 1.807) is 18.2 Å². The Labute approximate surface area is 255 Å². The summed E-state index contributed by atoms with van der Waals surface area (Å²) in [5.41, 5.74) is -0.857. The largest absolute Gasteiger partial charge is 0.506 e. The molecule has 2 aliphatic rings. The number of fused-ring (bicyclic) bond motifs is 1. The second-order valence-corrected chi connectivity index (χ2v) is 11.2. The first-order valence-electron chi connectivity index (χ1n) is 11.3. The molecule has 10 nitrogen and oxygen atoms in total. The summed E-state index contributed by atoms with van der Waals surface area (Å²) in [6.45, 7) is -0.638. The molecule has 1 fully saturated rings. The van der Waals surface area contributed by atoms with Crippen LogP contribution in [0, 0.1) is 0 Å². The first-order chi connectivity index (χ1) is 18.0. The van der Waals surface area contributed by atoms with Crippen LogP contribution in [-0.2, 0) is 24.6 Å². The van der Waals surface area contributed by atoms with Gasteiger partial charge in [0, 0.05) is 35.1 Å². The first kappa shape index (κ1) is 30.5. The van der Waals surface area contributed by atoms with Crippen molar-refractivity contribution in [2.24, 2.45) is 0 Å². The summed E-state index contributed by atoms with van der Waals surface area (Å²) < 4.78 is 42.9. The van der Waals surface area contributed by atoms with Crippen LogP contribution in [-0.4, -0.2) is 101 Å². The van der Waals surface area contributed by atoms with Gasteiger partial charge in [-0.1, -0.05) is 53.5 Å². The van der Waals surface area contributed by atoms with Gasteiger partial charge in [-0.3, -0.25) is 0 Å². The zero-order chi connectivity index (χ0) is 27.4. The Morgan fingerprint density at radius 2 is 1.54 bits per heavy atom. The molecule has 1 radical (unpaired) electrons. The van der Waals surface area contributed by atoms with Crippen molar-refractivity contribution in [3.8, 4) is 11.5 Å². The fourth-order valence-corrected chi connectivity index (χ4v) is 6.47. The minimum atomic E-state index is -4.21. The molecule has 203 valence electrons. The molecule has 14 heteroatoms. The van der Waals surface area contributed by atoms with Crippen molar-refractivity contribution >= 4 is 62.9 Å². The number of phenolic OH excluding ortho intramolecular Hbond substituents is 1. The zero-order valence-electron chi connectivity index (χ0n) is 20.3. The van der Waals surface area contributed by atoms with Crippen molar-refractivity contribution in [1.29, 1.82) is 0 Å². The van der Waals surface area contributed by atoms with E-state index in [0.29, 0.717) is 11.1 Å². The van der Waals surface area contributed by atoms with Crippen molar-refractivity contribution in [3.63, 3.8) is 0 Å². The predicted octanol–water partition coefficient (Wildman–Crippen LogP) is 1.51. The van der Waals surface area contributed by atoms with Gasteiger partial charge in [0.1, 0.15) is 40.8 Å². The van der Waals surface area contributed by atoms with E-state index in [9.17, 15) is 34.0 Å². The number of halogens is 2. The number of ether oxygens (including phenoxy) is 2. The summed E-state index contributed by atoms with van der Waals surface area (Å²) in [4.78, 5) is -0.0537. The number of phenols is 1. The number of benzene rings is 3. The molecular formula is C25H22Cl2NaO10S. The Bertz CT molecular complexity index is 1490.